The van der Waals surface area contributed by atoms with Crippen molar-refractivity contribution in [1.82, 2.24) is 9.21 Å². The normalized spacial score (nSPS) is 23.9. The number of aliphatic hydroxyl groups is 1. The molecule has 5 nitrogen and oxygen atoms in total. The number of nitrogens with zero attached hydrogens (tertiary/aromatic N) is 2. The standard InChI is InChI=1S/C15H22ClFN2O3S/c1-18(2)11-15(20)6-3-8-19(9-7-15)23(21,22)14-5-4-12(17)10-13(14)16/h4-5,10,20H,3,6-9,11H2,1-2H3/t15-/m1/s1. The molecule has 1 N–H and O–H groups in total. The number of sulfonamides is 1. The summed E-state index contributed by atoms with van der Waals surface area (Å²) in [6.07, 6.45) is 1.44. The molecule has 1 aromatic rings. The SMILES string of the molecule is CN(C)C[C@@]1(O)CCCN(S(=O)(=O)c2ccc(F)cc2Cl)CC1. The van der Waals surface area contributed by atoms with Crippen LogP contribution in [0.15, 0.2) is 23.1 Å². The van der Waals surface area contributed by atoms with Crippen LogP contribution in [0.25, 0.3) is 0 Å². The molecule has 2 rings (SSSR count). The highest BCUT2D eigenvalue weighted by Gasteiger charge is 2.35. The summed E-state index contributed by atoms with van der Waals surface area (Å²) in [6.45, 7) is 1.00. The van der Waals surface area contributed by atoms with Crippen LogP contribution in [0.3, 0.4) is 0 Å². The van der Waals surface area contributed by atoms with Crippen LogP contribution in [-0.2, 0) is 10.0 Å². The molecule has 1 fully saturated rings. The summed E-state index contributed by atoms with van der Waals surface area (Å²) in [5.74, 6) is -0.579. The van der Waals surface area contributed by atoms with Gasteiger partial charge < -0.3 is 10.0 Å². The van der Waals surface area contributed by atoms with Gasteiger partial charge in [-0.1, -0.05) is 11.6 Å². The first-order valence-electron chi connectivity index (χ1n) is 7.46. The molecule has 1 atom stereocenters. The zero-order valence-electron chi connectivity index (χ0n) is 13.3. The molecule has 0 spiro atoms. The molecule has 1 aliphatic heterocycles. The topological polar surface area (TPSA) is 60.9 Å². The number of rotatable bonds is 4. The zero-order chi connectivity index (χ0) is 17.3. The maximum atomic E-state index is 13.1. The van der Waals surface area contributed by atoms with Crippen molar-refractivity contribution in [2.75, 3.05) is 33.7 Å². The molecule has 0 radical (unpaired) electrons. The summed E-state index contributed by atoms with van der Waals surface area (Å²) < 4.78 is 39.9. The lowest BCUT2D eigenvalue weighted by molar-refractivity contribution is 0.00405. The van der Waals surface area contributed by atoms with Crippen LogP contribution in [0, 0.1) is 5.82 Å². The number of halogens is 2. The first-order chi connectivity index (χ1) is 10.6. The van der Waals surface area contributed by atoms with Crippen molar-refractivity contribution in [3.8, 4) is 0 Å². The van der Waals surface area contributed by atoms with E-state index in [0.29, 0.717) is 32.4 Å². The molecular formula is C15H22ClFN2O3S. The van der Waals surface area contributed by atoms with E-state index in [2.05, 4.69) is 0 Å². The van der Waals surface area contributed by atoms with Gasteiger partial charge in [0.2, 0.25) is 10.0 Å². The number of hydrogen-bond donors (Lipinski definition) is 1. The van der Waals surface area contributed by atoms with Gasteiger partial charge in [0.15, 0.2) is 0 Å². The third-order valence-corrected chi connectivity index (χ3v) is 6.38. The molecule has 1 saturated heterocycles. The maximum absolute atomic E-state index is 13.1. The van der Waals surface area contributed by atoms with E-state index in [1.807, 2.05) is 19.0 Å². The Morgan fingerprint density at radius 1 is 1.35 bits per heavy atom. The quantitative estimate of drug-likeness (QED) is 0.887. The van der Waals surface area contributed by atoms with Crippen LogP contribution in [0.4, 0.5) is 4.39 Å². The van der Waals surface area contributed by atoms with Gasteiger partial charge in [0.05, 0.1) is 10.6 Å². The van der Waals surface area contributed by atoms with Crippen LogP contribution in [0.1, 0.15) is 19.3 Å². The third kappa shape index (κ3) is 4.42. The van der Waals surface area contributed by atoms with Crippen LogP contribution in [0.2, 0.25) is 5.02 Å². The molecule has 8 heteroatoms. The fraction of sp³-hybridized carbons (Fsp3) is 0.600. The van der Waals surface area contributed by atoms with Gasteiger partial charge in [-0.25, -0.2) is 12.8 Å². The molecule has 0 unspecified atom stereocenters. The van der Waals surface area contributed by atoms with Crippen LogP contribution in [0.5, 0.6) is 0 Å². The molecule has 1 aliphatic rings. The van der Waals surface area contributed by atoms with E-state index >= 15 is 0 Å². The average molecular weight is 365 g/mol. The zero-order valence-corrected chi connectivity index (χ0v) is 14.9. The number of benzene rings is 1. The van der Waals surface area contributed by atoms with Crippen molar-refractivity contribution in [1.29, 1.82) is 0 Å². The fourth-order valence-electron chi connectivity index (χ4n) is 2.96. The Labute approximate surface area is 141 Å². The van der Waals surface area contributed by atoms with E-state index in [-0.39, 0.29) is 16.5 Å². The largest absolute Gasteiger partial charge is 0.389 e. The summed E-state index contributed by atoms with van der Waals surface area (Å²) in [5, 5.41) is 10.5. The van der Waals surface area contributed by atoms with E-state index in [1.54, 1.807) is 0 Å². The second-order valence-corrected chi connectivity index (χ2v) is 8.61. The van der Waals surface area contributed by atoms with Gasteiger partial charge in [-0.3, -0.25) is 0 Å². The number of hydrogen-bond acceptors (Lipinski definition) is 4. The molecule has 0 saturated carbocycles. The monoisotopic (exact) mass is 364 g/mol. The molecule has 23 heavy (non-hydrogen) atoms. The van der Waals surface area contributed by atoms with E-state index in [0.717, 1.165) is 12.1 Å². The van der Waals surface area contributed by atoms with Gasteiger partial charge in [-0.15, -0.1) is 0 Å². The lowest BCUT2D eigenvalue weighted by Gasteiger charge is -2.29. The smallest absolute Gasteiger partial charge is 0.244 e. The highest BCUT2D eigenvalue weighted by atomic mass is 35.5. The first kappa shape index (κ1) is 18.6. The molecule has 1 aromatic carbocycles. The van der Waals surface area contributed by atoms with E-state index in [4.69, 9.17) is 11.6 Å². The van der Waals surface area contributed by atoms with Gasteiger partial charge in [0.25, 0.3) is 0 Å². The minimum Gasteiger partial charge on any atom is -0.389 e. The van der Waals surface area contributed by atoms with Gasteiger partial charge in [-0.05, 0) is 51.6 Å². The van der Waals surface area contributed by atoms with E-state index in [1.165, 1.54) is 10.4 Å². The molecule has 1 heterocycles. The van der Waals surface area contributed by atoms with Gasteiger partial charge >= 0.3 is 0 Å². The third-order valence-electron chi connectivity index (χ3n) is 4.00. The lowest BCUT2D eigenvalue weighted by Crippen LogP contribution is -2.41. The Morgan fingerprint density at radius 3 is 2.65 bits per heavy atom. The van der Waals surface area contributed by atoms with Crippen molar-refractivity contribution >= 4 is 21.6 Å². The fourth-order valence-corrected chi connectivity index (χ4v) is 4.95. The summed E-state index contributed by atoms with van der Waals surface area (Å²) in [5.41, 5.74) is -0.902. The molecule has 0 aliphatic carbocycles. The Balaban J connectivity index is 2.21. The van der Waals surface area contributed by atoms with Crippen molar-refractivity contribution in [2.24, 2.45) is 0 Å². The van der Waals surface area contributed by atoms with E-state index in [9.17, 15) is 17.9 Å². The highest BCUT2D eigenvalue weighted by molar-refractivity contribution is 7.89. The van der Waals surface area contributed by atoms with Crippen molar-refractivity contribution < 1.29 is 17.9 Å². The van der Waals surface area contributed by atoms with Gasteiger partial charge in [0, 0.05) is 19.6 Å². The van der Waals surface area contributed by atoms with Crippen LogP contribution < -0.4 is 0 Å². The predicted octanol–water partition coefficient (Wildman–Crippen LogP) is 1.95. The second-order valence-electron chi connectivity index (χ2n) is 6.29. The van der Waals surface area contributed by atoms with Crippen molar-refractivity contribution in [2.45, 2.75) is 29.8 Å². The summed E-state index contributed by atoms with van der Waals surface area (Å²) in [6, 6.07) is 3.26. The Kier molecular flexibility index (Phi) is 5.68. The van der Waals surface area contributed by atoms with Crippen LogP contribution >= 0.6 is 11.6 Å². The summed E-state index contributed by atoms with van der Waals surface area (Å²) in [4.78, 5) is 1.79. The average Bonchev–Trinajstić information content (AvgIpc) is 2.59. The number of likely N-dealkylation sites (N-methyl/N-ethyl adjacent to an activating group) is 1. The lowest BCUT2D eigenvalue weighted by atomic mass is 9.94. The molecular weight excluding hydrogens is 343 g/mol. The Morgan fingerprint density at radius 2 is 2.04 bits per heavy atom. The minimum atomic E-state index is -3.80. The van der Waals surface area contributed by atoms with Crippen molar-refractivity contribution in [3.05, 3.63) is 29.0 Å². The summed E-state index contributed by atoms with van der Waals surface area (Å²) >= 11 is 5.90. The Hall–Kier alpha value is -0.730. The van der Waals surface area contributed by atoms with E-state index < -0.39 is 21.4 Å². The van der Waals surface area contributed by atoms with Gasteiger partial charge in [0.1, 0.15) is 10.7 Å². The molecule has 0 aromatic heterocycles. The van der Waals surface area contributed by atoms with Gasteiger partial charge in [-0.2, -0.15) is 4.31 Å². The first-order valence-corrected chi connectivity index (χ1v) is 9.28. The molecule has 0 bridgehead atoms. The molecule has 0 amide bonds. The minimum absolute atomic E-state index is 0.0985. The predicted molar refractivity (Wildman–Crippen MR) is 87.5 cm³/mol. The highest BCUT2D eigenvalue weighted by Crippen LogP contribution is 2.29. The second kappa shape index (κ2) is 7.03. The molecule has 130 valence electrons. The van der Waals surface area contributed by atoms with Crippen molar-refractivity contribution in [3.63, 3.8) is 0 Å². The Bertz CT molecular complexity index is 669. The van der Waals surface area contributed by atoms with Crippen LogP contribution in [-0.4, -0.2) is 62.1 Å². The summed E-state index contributed by atoms with van der Waals surface area (Å²) in [7, 11) is -0.0601. The maximum Gasteiger partial charge on any atom is 0.244 e.